The lowest BCUT2D eigenvalue weighted by Gasteiger charge is -2.12. The smallest absolute Gasteiger partial charge is 0.343 e. The molecule has 4 nitrogen and oxygen atoms in total. The summed E-state index contributed by atoms with van der Waals surface area (Å²) in [6, 6.07) is 18.2. The molecule has 0 spiro atoms. The van der Waals surface area contributed by atoms with Crippen molar-refractivity contribution < 1.29 is 8.98 Å². The molecule has 0 aliphatic carbocycles. The van der Waals surface area contributed by atoms with E-state index >= 15 is 0 Å². The van der Waals surface area contributed by atoms with Crippen molar-refractivity contribution in [1.29, 1.82) is 0 Å². The maximum Gasteiger partial charge on any atom is 0.343 e. The van der Waals surface area contributed by atoms with Crippen molar-refractivity contribution in [3.8, 4) is 12.3 Å². The van der Waals surface area contributed by atoms with Gasteiger partial charge >= 0.3 is 5.63 Å². The van der Waals surface area contributed by atoms with Crippen molar-refractivity contribution in [3.63, 3.8) is 0 Å². The summed E-state index contributed by atoms with van der Waals surface area (Å²) >= 11 is 0. The third kappa shape index (κ3) is 4.58. The maximum atomic E-state index is 12.6. The molecule has 0 atom stereocenters. The molecule has 2 aromatic carbocycles. The van der Waals surface area contributed by atoms with Crippen LogP contribution in [0.5, 0.6) is 0 Å². The van der Waals surface area contributed by atoms with Crippen LogP contribution >= 0.6 is 0 Å². The van der Waals surface area contributed by atoms with Gasteiger partial charge in [0, 0.05) is 56.2 Å². The lowest BCUT2D eigenvalue weighted by molar-refractivity contribution is -0.671. The zero-order valence-electron chi connectivity index (χ0n) is 18.5. The molecule has 0 radical (unpaired) electrons. The summed E-state index contributed by atoms with van der Waals surface area (Å²) in [5.74, 6) is 2.70. The lowest BCUT2D eigenvalue weighted by atomic mass is 10.1. The van der Waals surface area contributed by atoms with E-state index in [2.05, 4.69) is 34.9 Å². The topological polar surface area (TPSA) is 37.3 Å². The fraction of sp³-hybridized carbons (Fsp3) is 0.214. The van der Waals surface area contributed by atoms with Crippen LogP contribution in [-0.2, 0) is 6.54 Å². The molecule has 0 saturated carbocycles. The van der Waals surface area contributed by atoms with E-state index in [1.807, 2.05) is 67.5 Å². The van der Waals surface area contributed by atoms with Gasteiger partial charge in [-0.3, -0.25) is 0 Å². The highest BCUT2D eigenvalue weighted by molar-refractivity contribution is 5.89. The van der Waals surface area contributed by atoms with Gasteiger partial charge in [0.25, 0.3) is 0 Å². The summed E-state index contributed by atoms with van der Waals surface area (Å²) in [5.41, 5.74) is 4.00. The second kappa shape index (κ2) is 9.53. The number of nitrogens with zero attached hydrogens (tertiary/aromatic N) is 2. The van der Waals surface area contributed by atoms with Crippen LogP contribution in [0.1, 0.15) is 30.4 Å². The molecule has 4 aromatic rings. The first kappa shape index (κ1) is 21.4. The number of para-hydroxylation sites is 1. The Morgan fingerprint density at radius 3 is 2.66 bits per heavy atom. The van der Waals surface area contributed by atoms with Crippen molar-refractivity contribution in [2.45, 2.75) is 25.8 Å². The van der Waals surface area contributed by atoms with Crippen molar-refractivity contribution in [1.82, 2.24) is 0 Å². The second-order valence-corrected chi connectivity index (χ2v) is 8.08. The number of unbranched alkanes of at least 4 members (excludes halogenated alkanes) is 2. The van der Waals surface area contributed by atoms with Gasteiger partial charge in [-0.1, -0.05) is 18.2 Å². The summed E-state index contributed by atoms with van der Waals surface area (Å²) in [7, 11) is 3.92. The van der Waals surface area contributed by atoms with Crippen LogP contribution in [0.25, 0.3) is 34.0 Å². The predicted octanol–water partition coefficient (Wildman–Crippen LogP) is 5.27. The molecule has 0 aliphatic rings. The number of benzene rings is 2. The standard InChI is InChI=1S/C28H27N2O2/c1-4-5-6-9-17-30-18-16-21(25-10-7-8-11-26(25)30)12-13-23-19-22-14-15-24(29(2)3)20-27(22)32-28(23)31/h1,7-8,10-16,18-20H,5-6,9,17H2,2-3H3/q+1. The molecule has 4 rings (SSSR count). The van der Waals surface area contributed by atoms with Crippen LogP contribution in [0, 0.1) is 12.3 Å². The van der Waals surface area contributed by atoms with Gasteiger partial charge in [-0.2, -0.15) is 4.57 Å². The van der Waals surface area contributed by atoms with Gasteiger partial charge in [-0.05, 0) is 42.3 Å². The normalized spacial score (nSPS) is 11.3. The molecule has 0 saturated heterocycles. The molecule has 2 aromatic heterocycles. The van der Waals surface area contributed by atoms with Crippen molar-refractivity contribution >= 4 is 39.7 Å². The van der Waals surface area contributed by atoms with Crippen LogP contribution in [-0.4, -0.2) is 14.1 Å². The highest BCUT2D eigenvalue weighted by Crippen LogP contribution is 2.22. The van der Waals surface area contributed by atoms with E-state index in [1.165, 1.54) is 0 Å². The first-order valence-corrected chi connectivity index (χ1v) is 10.8. The van der Waals surface area contributed by atoms with E-state index in [4.69, 9.17) is 10.8 Å². The van der Waals surface area contributed by atoms with Crippen LogP contribution < -0.4 is 15.1 Å². The minimum absolute atomic E-state index is 0.339. The Labute approximate surface area is 188 Å². The molecular formula is C28H27N2O2+. The SMILES string of the molecule is C#CCCCC[n+]1ccc(/C=C/c2cc3ccc(N(C)C)cc3oc2=O)c2ccccc21. The molecule has 0 N–H and O–H groups in total. The molecular weight excluding hydrogens is 396 g/mol. The van der Waals surface area contributed by atoms with Crippen LogP contribution in [0.2, 0.25) is 0 Å². The minimum atomic E-state index is -0.339. The number of terminal acetylenes is 1. The molecule has 2 heterocycles. The Bertz CT molecular complexity index is 1390. The molecule has 0 amide bonds. The quantitative estimate of drug-likeness (QED) is 0.176. The number of aromatic nitrogens is 1. The fourth-order valence-corrected chi connectivity index (χ4v) is 3.85. The Morgan fingerprint density at radius 1 is 1.03 bits per heavy atom. The number of rotatable bonds is 7. The number of pyridine rings is 1. The Hall–Kier alpha value is -3.84. The highest BCUT2D eigenvalue weighted by Gasteiger charge is 2.11. The third-order valence-corrected chi connectivity index (χ3v) is 5.63. The van der Waals surface area contributed by atoms with Gasteiger partial charge in [0.05, 0.1) is 10.9 Å². The van der Waals surface area contributed by atoms with E-state index in [0.717, 1.165) is 53.3 Å². The Morgan fingerprint density at radius 2 is 1.84 bits per heavy atom. The van der Waals surface area contributed by atoms with Crippen molar-refractivity contribution in [2.75, 3.05) is 19.0 Å². The minimum Gasteiger partial charge on any atom is -0.422 e. The van der Waals surface area contributed by atoms with Crippen molar-refractivity contribution in [2.24, 2.45) is 0 Å². The van der Waals surface area contributed by atoms with E-state index in [9.17, 15) is 4.79 Å². The second-order valence-electron chi connectivity index (χ2n) is 8.08. The van der Waals surface area contributed by atoms with Gasteiger partial charge in [0.15, 0.2) is 6.20 Å². The van der Waals surface area contributed by atoms with E-state index in [0.29, 0.717) is 11.1 Å². The zero-order chi connectivity index (χ0) is 22.5. The Kier molecular flexibility index (Phi) is 6.37. The lowest BCUT2D eigenvalue weighted by Crippen LogP contribution is -2.34. The summed E-state index contributed by atoms with van der Waals surface area (Å²) < 4.78 is 7.85. The van der Waals surface area contributed by atoms with Gasteiger partial charge in [-0.25, -0.2) is 4.79 Å². The van der Waals surface area contributed by atoms with Crippen molar-refractivity contribution in [3.05, 3.63) is 82.3 Å². The Balaban J connectivity index is 1.66. The molecule has 0 bridgehead atoms. The van der Waals surface area contributed by atoms with E-state index in [1.54, 1.807) is 0 Å². The number of hydrogen-bond donors (Lipinski definition) is 0. The highest BCUT2D eigenvalue weighted by atomic mass is 16.4. The molecule has 0 unspecified atom stereocenters. The number of anilines is 1. The largest absolute Gasteiger partial charge is 0.422 e. The van der Waals surface area contributed by atoms with Crippen LogP contribution in [0.4, 0.5) is 5.69 Å². The third-order valence-electron chi connectivity index (χ3n) is 5.63. The summed E-state index contributed by atoms with van der Waals surface area (Å²) in [6.07, 6.45) is 14.2. The van der Waals surface area contributed by atoms with Gasteiger partial charge in [0.2, 0.25) is 5.52 Å². The molecule has 0 aliphatic heterocycles. The van der Waals surface area contributed by atoms with E-state index < -0.39 is 0 Å². The summed E-state index contributed by atoms with van der Waals surface area (Å²) in [5, 5.41) is 2.04. The fourth-order valence-electron chi connectivity index (χ4n) is 3.85. The first-order valence-electron chi connectivity index (χ1n) is 10.8. The monoisotopic (exact) mass is 423 g/mol. The van der Waals surface area contributed by atoms with E-state index in [-0.39, 0.29) is 5.63 Å². The summed E-state index contributed by atoms with van der Waals surface area (Å²) in [4.78, 5) is 14.6. The number of hydrogen-bond acceptors (Lipinski definition) is 3. The molecule has 160 valence electrons. The summed E-state index contributed by atoms with van der Waals surface area (Å²) in [6.45, 7) is 0.926. The molecule has 32 heavy (non-hydrogen) atoms. The average Bonchev–Trinajstić information content (AvgIpc) is 2.80. The predicted molar refractivity (Wildman–Crippen MR) is 133 cm³/mol. The molecule has 4 heteroatoms. The maximum absolute atomic E-state index is 12.6. The van der Waals surface area contributed by atoms with Crippen LogP contribution in [0.3, 0.4) is 0 Å². The van der Waals surface area contributed by atoms with Gasteiger partial charge < -0.3 is 9.32 Å². The van der Waals surface area contributed by atoms with Crippen LogP contribution in [0.15, 0.2) is 70.0 Å². The first-order chi connectivity index (χ1) is 15.6. The van der Waals surface area contributed by atoms with Gasteiger partial charge in [-0.15, -0.1) is 12.3 Å². The zero-order valence-corrected chi connectivity index (χ0v) is 18.5. The average molecular weight is 424 g/mol. The molecule has 0 fully saturated rings. The van der Waals surface area contributed by atoms with Gasteiger partial charge in [0.1, 0.15) is 12.1 Å². The number of fused-ring (bicyclic) bond motifs is 2. The number of aryl methyl sites for hydroxylation is 1.